The first-order chi connectivity index (χ1) is 17.2. The molecule has 3 rings (SSSR count). The maximum absolute atomic E-state index is 13.9. The van der Waals surface area contributed by atoms with Gasteiger partial charge in [-0.3, -0.25) is 14.3 Å². The third-order valence-electron chi connectivity index (χ3n) is 6.09. The molecule has 0 aliphatic heterocycles. The van der Waals surface area contributed by atoms with E-state index in [1.54, 1.807) is 19.1 Å². The zero-order valence-electron chi connectivity index (χ0n) is 21.0. The van der Waals surface area contributed by atoms with Crippen LogP contribution in [0.2, 0.25) is 0 Å². The molecular weight excluding hydrogens is 480 g/mol. The Morgan fingerprint density at radius 1 is 1.06 bits per heavy atom. The smallest absolute Gasteiger partial charge is 0.308 e. The minimum atomic E-state index is -3.40. The highest BCUT2D eigenvalue weighted by Crippen LogP contribution is 2.50. The van der Waals surface area contributed by atoms with Crippen molar-refractivity contribution in [2.24, 2.45) is 0 Å². The summed E-state index contributed by atoms with van der Waals surface area (Å²) in [5.41, 5.74) is 3.38. The fourth-order valence-corrected chi connectivity index (χ4v) is 5.51. The molecule has 1 heterocycles. The van der Waals surface area contributed by atoms with Crippen LogP contribution in [0.15, 0.2) is 54.6 Å². The number of carbonyl (C=O) groups is 1. The Bertz CT molecular complexity index is 1210. The summed E-state index contributed by atoms with van der Waals surface area (Å²) in [4.78, 5) is 27.7. The van der Waals surface area contributed by atoms with Crippen molar-refractivity contribution in [3.63, 3.8) is 0 Å². The molecule has 0 fully saturated rings. The van der Waals surface area contributed by atoms with Gasteiger partial charge >= 0.3 is 5.97 Å². The number of ether oxygens (including phenoxy) is 1. The molecule has 8 heteroatoms. The predicted molar refractivity (Wildman–Crippen MR) is 140 cm³/mol. The number of pyridine rings is 1. The van der Waals surface area contributed by atoms with Gasteiger partial charge in [0.1, 0.15) is 5.82 Å². The molecule has 3 aromatic rings. The molecule has 0 spiro atoms. The van der Waals surface area contributed by atoms with E-state index in [9.17, 15) is 23.7 Å². The Morgan fingerprint density at radius 3 is 2.22 bits per heavy atom. The van der Waals surface area contributed by atoms with Gasteiger partial charge in [0, 0.05) is 11.3 Å². The lowest BCUT2D eigenvalue weighted by molar-refractivity contribution is -0.145. The fourth-order valence-electron chi connectivity index (χ4n) is 4.53. The zero-order valence-corrected chi connectivity index (χ0v) is 22.0. The van der Waals surface area contributed by atoms with Crippen molar-refractivity contribution in [1.82, 2.24) is 4.98 Å². The van der Waals surface area contributed by atoms with Crippen LogP contribution in [0.25, 0.3) is 22.4 Å². The number of hydrogen-bond donors (Lipinski definition) is 2. The normalized spacial score (nSPS) is 13.9. The highest BCUT2D eigenvalue weighted by Gasteiger charge is 2.35. The van der Waals surface area contributed by atoms with Gasteiger partial charge < -0.3 is 14.7 Å². The summed E-state index contributed by atoms with van der Waals surface area (Å²) >= 11 is 0. The fraction of sp³-hybridized carbons (Fsp3) is 0.357. The van der Waals surface area contributed by atoms with Gasteiger partial charge in [-0.05, 0) is 53.6 Å². The number of nitrogens with zero attached hydrogens (tertiary/aromatic N) is 1. The molecule has 1 aromatic heterocycles. The molecule has 0 radical (unpaired) electrons. The molecule has 0 saturated heterocycles. The number of aliphatic hydroxyl groups excluding tert-OH is 1. The second kappa shape index (κ2) is 12.4. The minimum absolute atomic E-state index is 0.135. The molecule has 3 unspecified atom stereocenters. The van der Waals surface area contributed by atoms with Gasteiger partial charge in [-0.25, -0.2) is 4.39 Å². The first-order valence-electron chi connectivity index (χ1n) is 12.1. The second-order valence-electron chi connectivity index (χ2n) is 8.89. The van der Waals surface area contributed by atoms with E-state index in [4.69, 9.17) is 9.72 Å². The van der Waals surface area contributed by atoms with E-state index < -0.39 is 38.0 Å². The molecule has 2 N–H and O–H groups in total. The Hall–Kier alpha value is -2.86. The van der Waals surface area contributed by atoms with E-state index in [0.29, 0.717) is 28.8 Å². The molecule has 0 saturated carbocycles. The average Bonchev–Trinajstić information content (AvgIpc) is 2.84. The number of esters is 1. The molecule has 0 amide bonds. The van der Waals surface area contributed by atoms with Gasteiger partial charge in [-0.2, -0.15) is 0 Å². The predicted octanol–water partition coefficient (Wildman–Crippen LogP) is 6.06. The van der Waals surface area contributed by atoms with Gasteiger partial charge in [-0.1, -0.05) is 63.2 Å². The Labute approximate surface area is 212 Å². The Balaban J connectivity index is 2.41. The molecule has 3 atom stereocenters. The van der Waals surface area contributed by atoms with Crippen LogP contribution >= 0.6 is 8.03 Å². The van der Waals surface area contributed by atoms with Crippen molar-refractivity contribution in [2.75, 3.05) is 6.61 Å². The summed E-state index contributed by atoms with van der Waals surface area (Å²) in [5, 5.41) is 11.1. The molecule has 192 valence electrons. The van der Waals surface area contributed by atoms with Crippen LogP contribution < -0.4 is 0 Å². The summed E-state index contributed by atoms with van der Waals surface area (Å²) in [5.74, 6) is -1.24. The third-order valence-corrected chi connectivity index (χ3v) is 7.29. The van der Waals surface area contributed by atoms with E-state index in [0.717, 1.165) is 16.8 Å². The lowest BCUT2D eigenvalue weighted by Crippen LogP contribution is -2.24. The maximum atomic E-state index is 13.9. The van der Waals surface area contributed by atoms with E-state index >= 15 is 0 Å². The van der Waals surface area contributed by atoms with Crippen molar-refractivity contribution in [1.29, 1.82) is 0 Å². The highest BCUT2D eigenvalue weighted by molar-refractivity contribution is 7.38. The van der Waals surface area contributed by atoms with Crippen LogP contribution in [0.1, 0.15) is 62.5 Å². The molecule has 6 nitrogen and oxygen atoms in total. The second-order valence-corrected chi connectivity index (χ2v) is 10.2. The van der Waals surface area contributed by atoms with E-state index in [1.807, 2.05) is 51.1 Å². The molecular formula is C28H33FNO5P. The third kappa shape index (κ3) is 6.09. The van der Waals surface area contributed by atoms with E-state index in [1.165, 1.54) is 12.1 Å². The molecule has 0 aliphatic rings. The topological polar surface area (TPSA) is 96.7 Å². The SMILES string of the molecule is CCOC(=O)CC(O)C(c1c(C(C)C)nc(-c2ccccc2)c(CC)c1-c1ccc(F)cc1)[PH](=O)O. The number of benzene rings is 2. The summed E-state index contributed by atoms with van der Waals surface area (Å²) in [6, 6.07) is 15.5. The lowest BCUT2D eigenvalue weighted by Gasteiger charge is -2.29. The van der Waals surface area contributed by atoms with Crippen molar-refractivity contribution in [3.05, 3.63) is 77.2 Å². The van der Waals surface area contributed by atoms with Gasteiger partial charge in [0.15, 0.2) is 8.03 Å². The van der Waals surface area contributed by atoms with Crippen molar-refractivity contribution in [2.45, 2.75) is 58.2 Å². The van der Waals surface area contributed by atoms with Crippen LogP contribution in [-0.4, -0.2) is 33.7 Å². The number of rotatable bonds is 10. The molecule has 2 aromatic carbocycles. The monoisotopic (exact) mass is 513 g/mol. The number of carbonyl (C=O) groups excluding carboxylic acids is 1. The summed E-state index contributed by atoms with van der Waals surface area (Å²) in [7, 11) is -3.40. The van der Waals surface area contributed by atoms with Gasteiger partial charge in [0.05, 0.1) is 30.5 Å². The van der Waals surface area contributed by atoms with Gasteiger partial charge in [-0.15, -0.1) is 0 Å². The first-order valence-corrected chi connectivity index (χ1v) is 13.6. The summed E-state index contributed by atoms with van der Waals surface area (Å²) in [6.45, 7) is 7.59. The number of aliphatic hydroxyl groups is 1. The van der Waals surface area contributed by atoms with Crippen LogP contribution in [0, 0.1) is 5.82 Å². The van der Waals surface area contributed by atoms with Crippen LogP contribution in [0.3, 0.4) is 0 Å². The summed E-state index contributed by atoms with van der Waals surface area (Å²) in [6.07, 6.45) is -1.37. The maximum Gasteiger partial charge on any atom is 0.308 e. The van der Waals surface area contributed by atoms with E-state index in [-0.39, 0.29) is 12.5 Å². The van der Waals surface area contributed by atoms with E-state index in [2.05, 4.69) is 0 Å². The average molecular weight is 514 g/mol. The Morgan fingerprint density at radius 2 is 1.69 bits per heavy atom. The lowest BCUT2D eigenvalue weighted by atomic mass is 9.84. The summed E-state index contributed by atoms with van der Waals surface area (Å²) < 4.78 is 31.7. The highest BCUT2D eigenvalue weighted by atomic mass is 31.1. The van der Waals surface area contributed by atoms with Gasteiger partial charge in [0.25, 0.3) is 0 Å². The number of halogens is 1. The number of aromatic nitrogens is 1. The minimum Gasteiger partial charge on any atom is -0.466 e. The largest absolute Gasteiger partial charge is 0.466 e. The zero-order chi connectivity index (χ0) is 26.4. The molecule has 0 bridgehead atoms. The van der Waals surface area contributed by atoms with Crippen LogP contribution in [0.4, 0.5) is 4.39 Å². The van der Waals surface area contributed by atoms with Crippen molar-refractivity contribution in [3.8, 4) is 22.4 Å². The molecule has 36 heavy (non-hydrogen) atoms. The van der Waals surface area contributed by atoms with Crippen molar-refractivity contribution >= 4 is 14.0 Å². The van der Waals surface area contributed by atoms with Crippen LogP contribution in [-0.2, 0) is 20.5 Å². The standard InChI is InChI=1S/C28H33FNO5P/c1-5-21-24(18-12-14-20(29)15-13-18)25(28(36(33)34)22(31)16-23(32)35-6-2)26(17(3)4)30-27(21)19-10-8-7-9-11-19/h7-15,17,22,28,31,36H,5-6,16H2,1-4H3,(H,33,34). The van der Waals surface area contributed by atoms with Gasteiger partial charge in [0.2, 0.25) is 0 Å². The first kappa shape index (κ1) is 27.7. The van der Waals surface area contributed by atoms with Crippen molar-refractivity contribution < 1.29 is 28.5 Å². The quantitative estimate of drug-likeness (QED) is 0.253. The number of hydrogen-bond acceptors (Lipinski definition) is 5. The Kier molecular flexibility index (Phi) is 9.55. The molecule has 0 aliphatic carbocycles. The van der Waals surface area contributed by atoms with Crippen LogP contribution in [0.5, 0.6) is 0 Å².